The minimum atomic E-state index is -0.524. The van der Waals surface area contributed by atoms with Crippen molar-refractivity contribution in [3.63, 3.8) is 0 Å². The average Bonchev–Trinajstić information content (AvgIpc) is 2.84. The SMILES string of the molecule is CN(CC1CCCN1)C(=O)c1cc(F)ccc1O. The predicted molar refractivity (Wildman–Crippen MR) is 66.1 cm³/mol. The number of hydrogen-bond donors (Lipinski definition) is 2. The number of nitrogens with one attached hydrogen (secondary N) is 1. The molecule has 1 atom stereocenters. The van der Waals surface area contributed by atoms with Crippen LogP contribution in [0.15, 0.2) is 18.2 Å². The lowest BCUT2D eigenvalue weighted by Gasteiger charge is -2.21. The van der Waals surface area contributed by atoms with Gasteiger partial charge in [0, 0.05) is 19.6 Å². The van der Waals surface area contributed by atoms with Gasteiger partial charge in [-0.05, 0) is 37.6 Å². The van der Waals surface area contributed by atoms with Crippen LogP contribution in [-0.2, 0) is 0 Å². The maximum Gasteiger partial charge on any atom is 0.257 e. The molecule has 1 fully saturated rings. The van der Waals surface area contributed by atoms with Gasteiger partial charge >= 0.3 is 0 Å². The Balaban J connectivity index is 2.07. The molecule has 1 unspecified atom stereocenters. The van der Waals surface area contributed by atoms with Gasteiger partial charge in [-0.3, -0.25) is 4.79 Å². The molecule has 0 spiro atoms. The van der Waals surface area contributed by atoms with Crippen molar-refractivity contribution < 1.29 is 14.3 Å². The first kappa shape index (κ1) is 12.8. The third kappa shape index (κ3) is 2.79. The van der Waals surface area contributed by atoms with Gasteiger partial charge in [0.25, 0.3) is 5.91 Å². The maximum atomic E-state index is 13.1. The van der Waals surface area contributed by atoms with E-state index < -0.39 is 5.82 Å². The fourth-order valence-corrected chi connectivity index (χ4v) is 2.21. The molecule has 98 valence electrons. The van der Waals surface area contributed by atoms with Crippen LogP contribution < -0.4 is 5.32 Å². The van der Waals surface area contributed by atoms with Crippen LogP contribution in [0.1, 0.15) is 23.2 Å². The highest BCUT2D eigenvalue weighted by Crippen LogP contribution is 2.19. The molecule has 1 amide bonds. The number of aromatic hydroxyl groups is 1. The minimum absolute atomic E-state index is 0.00972. The van der Waals surface area contributed by atoms with Gasteiger partial charge in [0.1, 0.15) is 11.6 Å². The topological polar surface area (TPSA) is 52.6 Å². The number of carbonyl (C=O) groups is 1. The lowest BCUT2D eigenvalue weighted by Crippen LogP contribution is -2.38. The summed E-state index contributed by atoms with van der Waals surface area (Å²) in [6.45, 7) is 1.53. The number of phenolic OH excluding ortho intramolecular Hbond substituents is 1. The van der Waals surface area contributed by atoms with E-state index in [9.17, 15) is 14.3 Å². The summed E-state index contributed by atoms with van der Waals surface area (Å²) < 4.78 is 13.1. The number of likely N-dealkylation sites (N-methyl/N-ethyl adjacent to an activating group) is 1. The minimum Gasteiger partial charge on any atom is -0.507 e. The largest absolute Gasteiger partial charge is 0.507 e. The molecule has 0 aliphatic carbocycles. The molecule has 5 heteroatoms. The van der Waals surface area contributed by atoms with Crippen LogP contribution in [0.2, 0.25) is 0 Å². The lowest BCUT2D eigenvalue weighted by molar-refractivity contribution is 0.0780. The predicted octanol–water partition coefficient (Wildman–Crippen LogP) is 1.36. The number of carbonyl (C=O) groups excluding carboxylic acids is 1. The van der Waals surface area contributed by atoms with Gasteiger partial charge in [-0.25, -0.2) is 4.39 Å². The van der Waals surface area contributed by atoms with Gasteiger partial charge in [0.2, 0.25) is 0 Å². The van der Waals surface area contributed by atoms with Gasteiger partial charge in [-0.1, -0.05) is 0 Å². The molecule has 2 N–H and O–H groups in total. The Hall–Kier alpha value is -1.62. The second-order valence-corrected chi connectivity index (χ2v) is 4.64. The molecule has 2 rings (SSSR count). The third-order valence-corrected chi connectivity index (χ3v) is 3.19. The van der Waals surface area contributed by atoms with E-state index in [4.69, 9.17) is 0 Å². The number of halogens is 1. The smallest absolute Gasteiger partial charge is 0.257 e. The van der Waals surface area contributed by atoms with Crippen LogP contribution in [0.25, 0.3) is 0 Å². The van der Waals surface area contributed by atoms with Crippen LogP contribution in [0.3, 0.4) is 0 Å². The van der Waals surface area contributed by atoms with Crippen molar-refractivity contribution in [2.24, 2.45) is 0 Å². The van der Waals surface area contributed by atoms with Crippen molar-refractivity contribution in [3.05, 3.63) is 29.6 Å². The summed E-state index contributed by atoms with van der Waals surface area (Å²) in [6, 6.07) is 3.68. The van der Waals surface area contributed by atoms with Crippen LogP contribution in [-0.4, -0.2) is 42.1 Å². The first-order valence-corrected chi connectivity index (χ1v) is 6.05. The third-order valence-electron chi connectivity index (χ3n) is 3.19. The quantitative estimate of drug-likeness (QED) is 0.854. The van der Waals surface area contributed by atoms with Gasteiger partial charge in [-0.2, -0.15) is 0 Å². The van der Waals surface area contributed by atoms with E-state index >= 15 is 0 Å². The van der Waals surface area contributed by atoms with Crippen molar-refractivity contribution in [3.8, 4) is 5.75 Å². The highest BCUT2D eigenvalue weighted by atomic mass is 19.1. The Labute approximate surface area is 105 Å². The molecule has 4 nitrogen and oxygen atoms in total. The summed E-state index contributed by atoms with van der Waals surface area (Å²) >= 11 is 0. The molecule has 18 heavy (non-hydrogen) atoms. The molecule has 1 aliphatic rings. The van der Waals surface area contributed by atoms with Gasteiger partial charge in [0.05, 0.1) is 5.56 Å². The van der Waals surface area contributed by atoms with Crippen molar-refractivity contribution >= 4 is 5.91 Å². The summed E-state index contributed by atoms with van der Waals surface area (Å²) in [5, 5.41) is 12.9. The maximum absolute atomic E-state index is 13.1. The van der Waals surface area contributed by atoms with Gasteiger partial charge < -0.3 is 15.3 Å². The Morgan fingerprint density at radius 3 is 3.06 bits per heavy atom. The van der Waals surface area contributed by atoms with E-state index in [1.165, 1.54) is 11.0 Å². The fourth-order valence-electron chi connectivity index (χ4n) is 2.21. The number of hydrogen-bond acceptors (Lipinski definition) is 3. The van der Waals surface area contributed by atoms with Gasteiger partial charge in [-0.15, -0.1) is 0 Å². The summed E-state index contributed by atoms with van der Waals surface area (Å²) in [5.41, 5.74) is 0.00972. The van der Waals surface area contributed by atoms with Crippen LogP contribution in [0, 0.1) is 5.82 Å². The summed E-state index contributed by atoms with van der Waals surface area (Å²) in [5.74, 6) is -1.07. The number of phenols is 1. The fraction of sp³-hybridized carbons (Fsp3) is 0.462. The van der Waals surface area contributed by atoms with E-state index in [1.807, 2.05) is 0 Å². The number of amides is 1. The lowest BCUT2D eigenvalue weighted by atomic mass is 10.1. The zero-order chi connectivity index (χ0) is 13.1. The molecule has 1 heterocycles. The van der Waals surface area contributed by atoms with E-state index in [0.717, 1.165) is 31.5 Å². The molecular formula is C13H17FN2O2. The highest BCUT2D eigenvalue weighted by Gasteiger charge is 2.21. The number of nitrogens with zero attached hydrogens (tertiary/aromatic N) is 1. The number of rotatable bonds is 3. The second kappa shape index (κ2) is 5.35. The summed E-state index contributed by atoms with van der Waals surface area (Å²) in [7, 11) is 1.66. The molecule has 0 aromatic heterocycles. The summed E-state index contributed by atoms with van der Waals surface area (Å²) in [4.78, 5) is 13.6. The zero-order valence-corrected chi connectivity index (χ0v) is 10.3. The van der Waals surface area contributed by atoms with E-state index in [0.29, 0.717) is 6.54 Å². The molecule has 1 aliphatic heterocycles. The molecule has 0 saturated carbocycles. The van der Waals surface area contributed by atoms with Crippen molar-refractivity contribution in [1.82, 2.24) is 10.2 Å². The Bertz CT molecular complexity index is 445. The normalized spacial score (nSPS) is 18.9. The van der Waals surface area contributed by atoms with Crippen molar-refractivity contribution in [2.45, 2.75) is 18.9 Å². The Kier molecular flexibility index (Phi) is 3.81. The monoisotopic (exact) mass is 252 g/mol. The zero-order valence-electron chi connectivity index (χ0n) is 10.3. The van der Waals surface area contributed by atoms with E-state index in [2.05, 4.69) is 5.32 Å². The standard InChI is InChI=1S/C13H17FN2O2/c1-16(8-10-3-2-6-15-10)13(18)11-7-9(14)4-5-12(11)17/h4-5,7,10,15,17H,2-3,6,8H2,1H3. The first-order valence-electron chi connectivity index (χ1n) is 6.05. The molecule has 1 aromatic rings. The molecule has 1 saturated heterocycles. The van der Waals surface area contributed by atoms with E-state index in [1.54, 1.807) is 7.05 Å². The van der Waals surface area contributed by atoms with Gasteiger partial charge in [0.15, 0.2) is 0 Å². The molecule has 0 bridgehead atoms. The van der Waals surface area contributed by atoms with E-state index in [-0.39, 0.29) is 23.3 Å². The number of benzene rings is 1. The first-order chi connectivity index (χ1) is 8.58. The Morgan fingerprint density at radius 2 is 2.39 bits per heavy atom. The molecular weight excluding hydrogens is 235 g/mol. The van der Waals surface area contributed by atoms with Crippen LogP contribution in [0.4, 0.5) is 4.39 Å². The van der Waals surface area contributed by atoms with Crippen LogP contribution >= 0.6 is 0 Å². The van der Waals surface area contributed by atoms with Crippen molar-refractivity contribution in [1.29, 1.82) is 0 Å². The highest BCUT2D eigenvalue weighted by molar-refractivity contribution is 5.96. The average molecular weight is 252 g/mol. The molecule has 0 radical (unpaired) electrons. The van der Waals surface area contributed by atoms with Crippen molar-refractivity contribution in [2.75, 3.05) is 20.1 Å². The van der Waals surface area contributed by atoms with Crippen LogP contribution in [0.5, 0.6) is 5.75 Å². The molecule has 1 aromatic carbocycles. The second-order valence-electron chi connectivity index (χ2n) is 4.64. The Morgan fingerprint density at radius 1 is 1.61 bits per heavy atom. The summed E-state index contributed by atoms with van der Waals surface area (Å²) in [6.07, 6.45) is 2.14.